The first kappa shape index (κ1) is 18.8. The molecule has 1 fully saturated rings. The number of nitriles is 1. The molecule has 2 rings (SSSR count). The first-order valence-corrected chi connectivity index (χ1v) is 9.24. The van der Waals surface area contributed by atoms with Crippen LogP contribution in [0.1, 0.15) is 45.1 Å². The Morgan fingerprint density at radius 3 is 2.79 bits per heavy atom. The predicted molar refractivity (Wildman–Crippen MR) is 97.9 cm³/mol. The number of hydrogen-bond donors (Lipinski definition) is 1. The molecule has 1 saturated heterocycles. The van der Waals surface area contributed by atoms with Crippen LogP contribution in [-0.2, 0) is 6.54 Å². The van der Waals surface area contributed by atoms with Gasteiger partial charge >= 0.3 is 0 Å². The van der Waals surface area contributed by atoms with Crippen LogP contribution < -0.4 is 10.1 Å². The van der Waals surface area contributed by atoms with E-state index in [1.165, 1.54) is 31.5 Å². The first-order valence-electron chi connectivity index (χ1n) is 9.24. The molecule has 24 heavy (non-hydrogen) atoms. The highest BCUT2D eigenvalue weighted by Crippen LogP contribution is 2.18. The summed E-state index contributed by atoms with van der Waals surface area (Å²) < 4.78 is 5.71. The van der Waals surface area contributed by atoms with Crippen LogP contribution in [-0.4, -0.2) is 37.2 Å². The fraction of sp³-hybridized carbons (Fsp3) is 0.650. The molecule has 1 unspecified atom stereocenters. The fourth-order valence-electron chi connectivity index (χ4n) is 3.31. The Morgan fingerprint density at radius 1 is 1.29 bits per heavy atom. The maximum Gasteiger partial charge on any atom is 0.119 e. The van der Waals surface area contributed by atoms with Crippen molar-refractivity contribution in [3.8, 4) is 11.8 Å². The average Bonchev–Trinajstić information content (AvgIpc) is 3.10. The van der Waals surface area contributed by atoms with Gasteiger partial charge in [-0.05, 0) is 56.0 Å². The van der Waals surface area contributed by atoms with Crippen molar-refractivity contribution in [1.29, 1.82) is 5.26 Å². The molecule has 1 atom stereocenters. The molecule has 4 heteroatoms. The summed E-state index contributed by atoms with van der Waals surface area (Å²) in [6.45, 7) is 9.64. The Labute approximate surface area is 146 Å². The van der Waals surface area contributed by atoms with Crippen LogP contribution in [0.5, 0.6) is 5.75 Å². The van der Waals surface area contributed by atoms with Crippen LogP contribution in [0.15, 0.2) is 24.3 Å². The Balaban J connectivity index is 1.77. The lowest BCUT2D eigenvalue weighted by molar-refractivity contribution is 0.186. The minimum absolute atomic E-state index is 0.550. The van der Waals surface area contributed by atoms with Crippen LogP contribution in [0.3, 0.4) is 0 Å². The Hall–Kier alpha value is -1.57. The zero-order valence-corrected chi connectivity index (χ0v) is 15.1. The monoisotopic (exact) mass is 329 g/mol. The molecular weight excluding hydrogens is 298 g/mol. The number of nitrogens with zero attached hydrogens (tertiary/aromatic N) is 2. The van der Waals surface area contributed by atoms with Crippen molar-refractivity contribution in [2.45, 2.75) is 52.1 Å². The molecule has 0 aromatic heterocycles. The number of ether oxygens (including phenoxy) is 1. The van der Waals surface area contributed by atoms with Crippen LogP contribution in [0.25, 0.3) is 0 Å². The Bertz CT molecular complexity index is 518. The van der Waals surface area contributed by atoms with E-state index >= 15 is 0 Å². The molecule has 0 saturated carbocycles. The number of hydrogen-bond acceptors (Lipinski definition) is 4. The molecule has 0 bridgehead atoms. The van der Waals surface area contributed by atoms with E-state index in [9.17, 15) is 0 Å². The van der Waals surface area contributed by atoms with E-state index in [0.29, 0.717) is 25.0 Å². The lowest BCUT2D eigenvalue weighted by Crippen LogP contribution is -2.44. The summed E-state index contributed by atoms with van der Waals surface area (Å²) in [5.74, 6) is 1.57. The minimum Gasteiger partial charge on any atom is -0.494 e. The fourth-order valence-corrected chi connectivity index (χ4v) is 3.31. The predicted octanol–water partition coefficient (Wildman–Crippen LogP) is 3.58. The van der Waals surface area contributed by atoms with Gasteiger partial charge in [-0.1, -0.05) is 26.0 Å². The third kappa shape index (κ3) is 6.14. The van der Waals surface area contributed by atoms with Gasteiger partial charge in [0.05, 0.1) is 12.7 Å². The molecule has 1 N–H and O–H groups in total. The molecule has 1 aromatic rings. The van der Waals surface area contributed by atoms with Gasteiger partial charge in [0.2, 0.25) is 0 Å². The number of likely N-dealkylation sites (tertiary alicyclic amines) is 1. The van der Waals surface area contributed by atoms with Gasteiger partial charge in [-0.15, -0.1) is 0 Å². The van der Waals surface area contributed by atoms with Crippen molar-refractivity contribution in [3.05, 3.63) is 29.8 Å². The lowest BCUT2D eigenvalue weighted by atomic mass is 10.0. The average molecular weight is 329 g/mol. The number of benzene rings is 1. The number of rotatable bonds is 10. The van der Waals surface area contributed by atoms with Crippen molar-refractivity contribution in [1.82, 2.24) is 10.2 Å². The van der Waals surface area contributed by atoms with Crippen molar-refractivity contribution in [2.24, 2.45) is 5.92 Å². The van der Waals surface area contributed by atoms with Crippen LogP contribution in [0.2, 0.25) is 0 Å². The van der Waals surface area contributed by atoms with Crippen LogP contribution in [0.4, 0.5) is 0 Å². The molecule has 0 radical (unpaired) electrons. The van der Waals surface area contributed by atoms with Gasteiger partial charge in [0, 0.05) is 25.6 Å². The highest BCUT2D eigenvalue weighted by Gasteiger charge is 2.23. The summed E-state index contributed by atoms with van der Waals surface area (Å²) in [4.78, 5) is 2.63. The maximum absolute atomic E-state index is 8.55. The zero-order chi connectivity index (χ0) is 17.2. The number of nitrogens with one attached hydrogen (secondary N) is 1. The quantitative estimate of drug-likeness (QED) is 0.667. The molecule has 4 nitrogen and oxygen atoms in total. The van der Waals surface area contributed by atoms with Gasteiger partial charge in [-0.2, -0.15) is 5.26 Å². The molecule has 0 aliphatic carbocycles. The van der Waals surface area contributed by atoms with Crippen molar-refractivity contribution < 1.29 is 4.74 Å². The summed E-state index contributed by atoms with van der Waals surface area (Å²) >= 11 is 0. The molecule has 1 aromatic carbocycles. The van der Waals surface area contributed by atoms with E-state index in [0.717, 1.165) is 25.3 Å². The summed E-state index contributed by atoms with van der Waals surface area (Å²) in [6, 6.07) is 11.0. The van der Waals surface area contributed by atoms with E-state index in [1.54, 1.807) is 0 Å². The minimum atomic E-state index is 0.550. The third-order valence-corrected chi connectivity index (χ3v) is 4.66. The zero-order valence-electron chi connectivity index (χ0n) is 15.1. The van der Waals surface area contributed by atoms with Gasteiger partial charge in [0.25, 0.3) is 0 Å². The largest absolute Gasteiger partial charge is 0.494 e. The van der Waals surface area contributed by atoms with E-state index in [2.05, 4.69) is 42.3 Å². The van der Waals surface area contributed by atoms with E-state index < -0.39 is 0 Å². The molecule has 1 heterocycles. The summed E-state index contributed by atoms with van der Waals surface area (Å²) in [5, 5.41) is 12.2. The van der Waals surface area contributed by atoms with E-state index in [1.807, 2.05) is 12.1 Å². The van der Waals surface area contributed by atoms with Gasteiger partial charge in [0.15, 0.2) is 0 Å². The Morgan fingerprint density at radius 2 is 2.08 bits per heavy atom. The number of unbranched alkanes of at least 4 members (excludes halogenated alkanes) is 1. The van der Waals surface area contributed by atoms with Gasteiger partial charge < -0.3 is 10.1 Å². The van der Waals surface area contributed by atoms with Gasteiger partial charge in [-0.3, -0.25) is 4.90 Å². The molecule has 0 spiro atoms. The summed E-state index contributed by atoms with van der Waals surface area (Å²) in [7, 11) is 0. The summed E-state index contributed by atoms with van der Waals surface area (Å²) in [5.41, 5.74) is 1.25. The highest BCUT2D eigenvalue weighted by molar-refractivity contribution is 5.28. The molecule has 132 valence electrons. The smallest absolute Gasteiger partial charge is 0.119 e. The Kier molecular flexibility index (Phi) is 8.07. The second-order valence-corrected chi connectivity index (χ2v) is 6.94. The second kappa shape index (κ2) is 10.3. The van der Waals surface area contributed by atoms with E-state index in [4.69, 9.17) is 10.00 Å². The standard InChI is InChI=1S/C20H31N3O/c1-17(2)20(23-11-4-5-12-23)16-22-15-18-8-7-9-19(14-18)24-13-6-3-10-21/h7-9,14,17,20,22H,3-6,11-13,15-16H2,1-2H3. The maximum atomic E-state index is 8.55. The van der Waals surface area contributed by atoms with Crippen molar-refractivity contribution >= 4 is 0 Å². The van der Waals surface area contributed by atoms with Gasteiger partial charge in [0.1, 0.15) is 5.75 Å². The van der Waals surface area contributed by atoms with Crippen LogP contribution in [0, 0.1) is 17.2 Å². The second-order valence-electron chi connectivity index (χ2n) is 6.94. The third-order valence-electron chi connectivity index (χ3n) is 4.66. The first-order chi connectivity index (χ1) is 11.7. The van der Waals surface area contributed by atoms with Crippen molar-refractivity contribution in [2.75, 3.05) is 26.2 Å². The summed E-state index contributed by atoms with van der Waals surface area (Å²) in [6.07, 6.45) is 4.02. The van der Waals surface area contributed by atoms with E-state index in [-0.39, 0.29) is 0 Å². The molecule has 0 amide bonds. The van der Waals surface area contributed by atoms with Crippen molar-refractivity contribution in [3.63, 3.8) is 0 Å². The highest BCUT2D eigenvalue weighted by atomic mass is 16.5. The molecule has 1 aliphatic rings. The SMILES string of the molecule is CC(C)C(CNCc1cccc(OCCCC#N)c1)N1CCCC1. The normalized spacial score (nSPS) is 16.2. The van der Waals surface area contributed by atoms with Gasteiger partial charge in [-0.25, -0.2) is 0 Å². The van der Waals surface area contributed by atoms with Crippen LogP contribution >= 0.6 is 0 Å². The lowest BCUT2D eigenvalue weighted by Gasteiger charge is -2.31. The topological polar surface area (TPSA) is 48.3 Å². The molecule has 1 aliphatic heterocycles. The molecular formula is C20H31N3O.